The van der Waals surface area contributed by atoms with Gasteiger partial charge in [0.05, 0.1) is 5.69 Å². The number of rotatable bonds is 3. The van der Waals surface area contributed by atoms with Crippen molar-refractivity contribution in [1.82, 2.24) is 14.6 Å². The van der Waals surface area contributed by atoms with E-state index >= 15 is 0 Å². The van der Waals surface area contributed by atoms with E-state index in [4.69, 9.17) is 4.74 Å². The van der Waals surface area contributed by atoms with Gasteiger partial charge in [0.25, 0.3) is 5.56 Å². The lowest BCUT2D eigenvalue weighted by Crippen LogP contribution is -2.16. The van der Waals surface area contributed by atoms with Gasteiger partial charge in [-0.05, 0) is 25.5 Å². The average Bonchev–Trinajstić information content (AvgIpc) is 2.79. The molecule has 102 valence electrons. The van der Waals surface area contributed by atoms with Gasteiger partial charge < -0.3 is 4.74 Å². The van der Waals surface area contributed by atoms with Crippen molar-refractivity contribution in [1.29, 1.82) is 0 Å². The summed E-state index contributed by atoms with van der Waals surface area (Å²) in [7, 11) is 0. The molecule has 2 aromatic heterocycles. The number of fused-ring (bicyclic) bond motifs is 1. The molecule has 1 aromatic carbocycles. The molecule has 0 saturated carbocycles. The van der Waals surface area contributed by atoms with E-state index in [0.717, 1.165) is 16.3 Å². The summed E-state index contributed by atoms with van der Waals surface area (Å²) in [5.41, 5.74) is 1.49. The first-order chi connectivity index (χ1) is 9.63. The van der Waals surface area contributed by atoms with Crippen LogP contribution < -0.4 is 10.3 Å². The number of hydrogen-bond donors (Lipinski definition) is 0. The van der Waals surface area contributed by atoms with Crippen LogP contribution in [0.4, 0.5) is 0 Å². The van der Waals surface area contributed by atoms with E-state index in [0.29, 0.717) is 10.7 Å². The van der Waals surface area contributed by atoms with Gasteiger partial charge in [-0.3, -0.25) is 4.79 Å². The molecule has 5 nitrogen and oxygen atoms in total. The van der Waals surface area contributed by atoms with Crippen molar-refractivity contribution in [2.75, 3.05) is 0 Å². The SMILES string of the molecule is Cc1nn2c(=O)cc(COc3ccccc3C)nc2s1. The highest BCUT2D eigenvalue weighted by atomic mass is 32.1. The van der Waals surface area contributed by atoms with E-state index in [1.165, 1.54) is 21.9 Å². The summed E-state index contributed by atoms with van der Waals surface area (Å²) in [6.45, 7) is 4.10. The first kappa shape index (κ1) is 12.8. The Morgan fingerprint density at radius 3 is 2.90 bits per heavy atom. The monoisotopic (exact) mass is 287 g/mol. The largest absolute Gasteiger partial charge is 0.487 e. The lowest BCUT2D eigenvalue weighted by molar-refractivity contribution is 0.299. The third-order valence-electron chi connectivity index (χ3n) is 2.87. The third kappa shape index (κ3) is 2.42. The van der Waals surface area contributed by atoms with Crippen molar-refractivity contribution in [3.8, 4) is 5.75 Å². The van der Waals surface area contributed by atoms with Crippen LogP contribution in [0, 0.1) is 13.8 Å². The molecular formula is C14H13N3O2S. The molecule has 0 aliphatic rings. The Hall–Kier alpha value is -2.21. The molecule has 20 heavy (non-hydrogen) atoms. The van der Waals surface area contributed by atoms with Crippen LogP contribution in [0.5, 0.6) is 5.75 Å². The van der Waals surface area contributed by atoms with Crippen LogP contribution in [0.1, 0.15) is 16.3 Å². The highest BCUT2D eigenvalue weighted by Crippen LogP contribution is 2.17. The van der Waals surface area contributed by atoms with Gasteiger partial charge in [-0.25, -0.2) is 4.98 Å². The number of ether oxygens (including phenoxy) is 1. The molecule has 0 aliphatic heterocycles. The van der Waals surface area contributed by atoms with Crippen LogP contribution in [-0.4, -0.2) is 14.6 Å². The molecule has 0 unspecified atom stereocenters. The van der Waals surface area contributed by atoms with Gasteiger partial charge in [-0.1, -0.05) is 29.5 Å². The van der Waals surface area contributed by atoms with Gasteiger partial charge in [0.1, 0.15) is 17.4 Å². The van der Waals surface area contributed by atoms with Gasteiger partial charge in [-0.15, -0.1) is 0 Å². The zero-order valence-corrected chi connectivity index (χ0v) is 12.0. The van der Waals surface area contributed by atoms with Crippen molar-refractivity contribution >= 4 is 16.3 Å². The smallest absolute Gasteiger partial charge is 0.275 e. The summed E-state index contributed by atoms with van der Waals surface area (Å²) < 4.78 is 7.02. The van der Waals surface area contributed by atoms with Crippen molar-refractivity contribution in [3.63, 3.8) is 0 Å². The lowest BCUT2D eigenvalue weighted by atomic mass is 10.2. The topological polar surface area (TPSA) is 56.5 Å². The maximum absolute atomic E-state index is 11.9. The van der Waals surface area contributed by atoms with Gasteiger partial charge in [0.15, 0.2) is 0 Å². The predicted molar refractivity (Wildman–Crippen MR) is 77.4 cm³/mol. The van der Waals surface area contributed by atoms with Crippen molar-refractivity contribution < 1.29 is 4.74 Å². The van der Waals surface area contributed by atoms with E-state index < -0.39 is 0 Å². The molecule has 0 aliphatic carbocycles. The van der Waals surface area contributed by atoms with E-state index in [-0.39, 0.29) is 12.2 Å². The molecular weight excluding hydrogens is 274 g/mol. The predicted octanol–water partition coefficient (Wildman–Crippen LogP) is 2.35. The Morgan fingerprint density at radius 1 is 1.30 bits per heavy atom. The normalized spacial score (nSPS) is 10.9. The van der Waals surface area contributed by atoms with E-state index in [1.807, 2.05) is 38.1 Å². The molecule has 0 fully saturated rings. The highest BCUT2D eigenvalue weighted by Gasteiger charge is 2.07. The van der Waals surface area contributed by atoms with Crippen LogP contribution in [-0.2, 0) is 6.61 Å². The summed E-state index contributed by atoms with van der Waals surface area (Å²) >= 11 is 1.39. The molecule has 0 N–H and O–H groups in total. The second-order valence-electron chi connectivity index (χ2n) is 4.46. The maximum Gasteiger partial charge on any atom is 0.275 e. The second-order valence-corrected chi connectivity index (χ2v) is 5.62. The van der Waals surface area contributed by atoms with Crippen LogP contribution >= 0.6 is 11.3 Å². The fourth-order valence-electron chi connectivity index (χ4n) is 1.90. The Morgan fingerprint density at radius 2 is 2.10 bits per heavy atom. The van der Waals surface area contributed by atoms with E-state index in [9.17, 15) is 4.79 Å². The fraction of sp³-hybridized carbons (Fsp3) is 0.214. The van der Waals surface area contributed by atoms with E-state index in [1.54, 1.807) is 0 Å². The van der Waals surface area contributed by atoms with Crippen molar-refractivity contribution in [2.24, 2.45) is 0 Å². The number of aryl methyl sites for hydroxylation is 2. The molecule has 0 radical (unpaired) electrons. The van der Waals surface area contributed by atoms with Gasteiger partial charge in [0, 0.05) is 6.07 Å². The fourth-order valence-corrected chi connectivity index (χ4v) is 2.66. The summed E-state index contributed by atoms with van der Waals surface area (Å²) in [5, 5.41) is 4.92. The summed E-state index contributed by atoms with van der Waals surface area (Å²) in [6.07, 6.45) is 0. The summed E-state index contributed by atoms with van der Waals surface area (Å²) in [6, 6.07) is 9.22. The minimum Gasteiger partial charge on any atom is -0.487 e. The first-order valence-electron chi connectivity index (χ1n) is 6.18. The standard InChI is InChI=1S/C14H13N3O2S/c1-9-5-3-4-6-12(9)19-8-11-7-13(18)17-14(15-11)20-10(2)16-17/h3-7H,8H2,1-2H3. The Labute approximate surface area is 119 Å². The van der Waals surface area contributed by atoms with Crippen LogP contribution in [0.15, 0.2) is 35.1 Å². The van der Waals surface area contributed by atoms with Gasteiger partial charge in [-0.2, -0.15) is 9.61 Å². The Balaban J connectivity index is 1.88. The molecule has 0 atom stereocenters. The highest BCUT2D eigenvalue weighted by molar-refractivity contribution is 7.16. The lowest BCUT2D eigenvalue weighted by Gasteiger charge is -2.07. The molecule has 2 heterocycles. The van der Waals surface area contributed by atoms with Gasteiger partial charge >= 0.3 is 0 Å². The quantitative estimate of drug-likeness (QED) is 0.742. The minimum absolute atomic E-state index is 0.178. The molecule has 0 spiro atoms. The number of benzene rings is 1. The zero-order valence-electron chi connectivity index (χ0n) is 11.2. The molecule has 3 aromatic rings. The summed E-state index contributed by atoms with van der Waals surface area (Å²) in [5.74, 6) is 0.801. The molecule has 6 heteroatoms. The zero-order chi connectivity index (χ0) is 14.1. The Kier molecular flexibility index (Phi) is 3.23. The third-order valence-corrected chi connectivity index (χ3v) is 3.69. The average molecular weight is 287 g/mol. The van der Waals surface area contributed by atoms with Crippen LogP contribution in [0.2, 0.25) is 0 Å². The first-order valence-corrected chi connectivity index (χ1v) is 7.00. The minimum atomic E-state index is -0.178. The van der Waals surface area contributed by atoms with Crippen LogP contribution in [0.3, 0.4) is 0 Å². The maximum atomic E-state index is 11.9. The number of nitrogens with zero attached hydrogens (tertiary/aromatic N) is 3. The van der Waals surface area contributed by atoms with Crippen molar-refractivity contribution in [3.05, 3.63) is 57.0 Å². The molecule has 3 rings (SSSR count). The summed E-state index contributed by atoms with van der Waals surface area (Å²) in [4.78, 5) is 16.9. The molecule has 0 saturated heterocycles. The Bertz CT molecular complexity index is 823. The van der Waals surface area contributed by atoms with E-state index in [2.05, 4.69) is 10.1 Å². The molecule has 0 bridgehead atoms. The molecule has 0 amide bonds. The number of para-hydroxylation sites is 1. The number of hydrogen-bond acceptors (Lipinski definition) is 5. The number of aromatic nitrogens is 3. The van der Waals surface area contributed by atoms with Crippen LogP contribution in [0.25, 0.3) is 4.96 Å². The second kappa shape index (κ2) is 5.05. The van der Waals surface area contributed by atoms with Crippen molar-refractivity contribution in [2.45, 2.75) is 20.5 Å². The van der Waals surface area contributed by atoms with Gasteiger partial charge in [0.2, 0.25) is 4.96 Å².